The number of aliphatic imine (C=N–C) groups is 1. The van der Waals surface area contributed by atoms with Crippen molar-refractivity contribution in [2.45, 2.75) is 25.8 Å². The molecule has 0 atom stereocenters. The minimum atomic E-state index is -0.120. The molecule has 0 saturated carbocycles. The van der Waals surface area contributed by atoms with Crippen LogP contribution in [0.1, 0.15) is 30.5 Å². The minimum absolute atomic E-state index is 0.120. The van der Waals surface area contributed by atoms with Crippen LogP contribution < -0.4 is 10.2 Å². The van der Waals surface area contributed by atoms with E-state index in [4.69, 9.17) is 9.73 Å². The van der Waals surface area contributed by atoms with Crippen LogP contribution in [0, 0.1) is 0 Å². The third-order valence-electron chi connectivity index (χ3n) is 4.05. The second kappa shape index (κ2) is 7.34. The van der Waals surface area contributed by atoms with E-state index in [0.29, 0.717) is 0 Å². The zero-order chi connectivity index (χ0) is 17.7. The molecule has 1 aliphatic rings. The maximum absolute atomic E-state index is 5.15. The van der Waals surface area contributed by atoms with Crippen LogP contribution in [0.3, 0.4) is 0 Å². The predicted octanol–water partition coefficient (Wildman–Crippen LogP) is 4.07. The molecule has 0 saturated heterocycles. The summed E-state index contributed by atoms with van der Waals surface area (Å²) in [5.41, 5.74) is 6.48. The summed E-state index contributed by atoms with van der Waals surface area (Å²) >= 11 is 0. The van der Waals surface area contributed by atoms with Crippen LogP contribution in [-0.2, 0) is 6.42 Å². The first-order valence-corrected chi connectivity index (χ1v) is 8.35. The van der Waals surface area contributed by atoms with Gasteiger partial charge in [0.25, 0.3) is 0 Å². The van der Waals surface area contributed by atoms with Crippen molar-refractivity contribution < 1.29 is 4.74 Å². The van der Waals surface area contributed by atoms with Gasteiger partial charge in [0.2, 0.25) is 0 Å². The molecule has 3 rings (SSSR count). The van der Waals surface area contributed by atoms with Crippen molar-refractivity contribution >= 4 is 18.1 Å². The highest BCUT2D eigenvalue weighted by molar-refractivity contribution is 6.01. The first kappa shape index (κ1) is 17.0. The number of amidine groups is 1. The average Bonchev–Trinajstić information content (AvgIpc) is 2.61. The van der Waals surface area contributed by atoms with Crippen LogP contribution in [0.15, 0.2) is 64.7 Å². The van der Waals surface area contributed by atoms with Gasteiger partial charge in [-0.25, -0.2) is 0 Å². The second-order valence-corrected chi connectivity index (χ2v) is 6.63. The lowest BCUT2D eigenvalue weighted by Gasteiger charge is -2.28. The molecule has 2 aromatic rings. The van der Waals surface area contributed by atoms with Gasteiger partial charge in [-0.1, -0.05) is 42.5 Å². The van der Waals surface area contributed by atoms with Crippen LogP contribution in [0.2, 0.25) is 0 Å². The summed E-state index contributed by atoms with van der Waals surface area (Å²) in [4.78, 5) is 4.78. The molecule has 0 aromatic heterocycles. The van der Waals surface area contributed by atoms with Crippen molar-refractivity contribution in [2.24, 2.45) is 10.1 Å². The normalized spacial score (nSPS) is 15.9. The van der Waals surface area contributed by atoms with E-state index in [-0.39, 0.29) is 5.54 Å². The van der Waals surface area contributed by atoms with Gasteiger partial charge < -0.3 is 4.74 Å². The maximum atomic E-state index is 5.15. The molecular weight excluding hydrogens is 310 g/mol. The molecule has 25 heavy (non-hydrogen) atoms. The summed E-state index contributed by atoms with van der Waals surface area (Å²) in [5.74, 6) is 1.67. The summed E-state index contributed by atoms with van der Waals surface area (Å²) in [6.07, 6.45) is 6.56. The molecule has 0 aliphatic carbocycles. The van der Waals surface area contributed by atoms with Gasteiger partial charge in [-0.3, -0.25) is 10.4 Å². The summed E-state index contributed by atoms with van der Waals surface area (Å²) in [6, 6.07) is 16.2. The van der Waals surface area contributed by atoms with Crippen LogP contribution in [0.25, 0.3) is 6.08 Å². The van der Waals surface area contributed by atoms with E-state index in [0.717, 1.165) is 29.1 Å². The first-order chi connectivity index (χ1) is 12.1. The van der Waals surface area contributed by atoms with E-state index in [2.05, 4.69) is 42.6 Å². The SMILES string of the molecule is COc1ccc(/C=C/C=NNC2=NC(C)(C)Cc3ccccc32)cc1. The molecule has 1 N–H and O–H groups in total. The zero-order valence-corrected chi connectivity index (χ0v) is 14.9. The smallest absolute Gasteiger partial charge is 0.149 e. The second-order valence-electron chi connectivity index (χ2n) is 6.63. The van der Waals surface area contributed by atoms with Crippen molar-refractivity contribution in [3.63, 3.8) is 0 Å². The Bertz CT molecular complexity index is 817. The highest BCUT2D eigenvalue weighted by Gasteiger charge is 2.26. The molecule has 2 aromatic carbocycles. The van der Waals surface area contributed by atoms with Crippen molar-refractivity contribution in [3.8, 4) is 5.75 Å². The Kier molecular flexibility index (Phi) is 4.98. The summed E-state index contributed by atoms with van der Waals surface area (Å²) in [6.45, 7) is 4.27. The first-order valence-electron chi connectivity index (χ1n) is 8.35. The molecule has 4 nitrogen and oxygen atoms in total. The number of nitrogens with one attached hydrogen (secondary N) is 1. The van der Waals surface area contributed by atoms with Crippen molar-refractivity contribution in [3.05, 3.63) is 71.3 Å². The quantitative estimate of drug-likeness (QED) is 0.677. The van der Waals surface area contributed by atoms with E-state index in [1.165, 1.54) is 5.56 Å². The van der Waals surface area contributed by atoms with Gasteiger partial charge in [0, 0.05) is 11.8 Å². The Morgan fingerprint density at radius 3 is 2.64 bits per heavy atom. The molecule has 1 heterocycles. The third-order valence-corrected chi connectivity index (χ3v) is 4.05. The van der Waals surface area contributed by atoms with Gasteiger partial charge in [0.15, 0.2) is 0 Å². The number of hydrazone groups is 1. The van der Waals surface area contributed by atoms with E-state index >= 15 is 0 Å². The largest absolute Gasteiger partial charge is 0.497 e. The number of methoxy groups -OCH3 is 1. The standard InChI is InChI=1S/C21H23N3O/c1-21(2)15-17-8-4-5-9-19(17)20(23-21)24-22-14-6-7-16-10-12-18(25-3)13-11-16/h4-14H,15H2,1-3H3,(H,23,24)/b7-6+,22-14?. The van der Waals surface area contributed by atoms with Gasteiger partial charge in [-0.05, 0) is 49.6 Å². The summed E-state index contributed by atoms with van der Waals surface area (Å²) in [7, 11) is 1.66. The number of rotatable bonds is 4. The molecule has 1 aliphatic heterocycles. The zero-order valence-electron chi connectivity index (χ0n) is 14.9. The molecule has 0 unspecified atom stereocenters. The van der Waals surface area contributed by atoms with E-state index in [9.17, 15) is 0 Å². The average molecular weight is 333 g/mol. The fourth-order valence-corrected chi connectivity index (χ4v) is 2.87. The van der Waals surface area contributed by atoms with E-state index < -0.39 is 0 Å². The van der Waals surface area contributed by atoms with Crippen molar-refractivity contribution in [1.82, 2.24) is 5.43 Å². The molecule has 0 fully saturated rings. The monoisotopic (exact) mass is 333 g/mol. The lowest BCUT2D eigenvalue weighted by atomic mass is 9.89. The van der Waals surface area contributed by atoms with Gasteiger partial charge >= 0.3 is 0 Å². The summed E-state index contributed by atoms with van der Waals surface area (Å²) < 4.78 is 5.15. The number of ether oxygens (including phenoxy) is 1. The van der Waals surface area contributed by atoms with Crippen molar-refractivity contribution in [2.75, 3.05) is 7.11 Å². The number of fused-ring (bicyclic) bond motifs is 1. The molecule has 4 heteroatoms. The van der Waals surface area contributed by atoms with Gasteiger partial charge in [-0.15, -0.1) is 0 Å². The topological polar surface area (TPSA) is 46.0 Å². The molecule has 0 bridgehead atoms. The number of hydrogen-bond donors (Lipinski definition) is 1. The van der Waals surface area contributed by atoms with Crippen LogP contribution in [-0.4, -0.2) is 24.7 Å². The van der Waals surface area contributed by atoms with Crippen molar-refractivity contribution in [1.29, 1.82) is 0 Å². The van der Waals surface area contributed by atoms with Gasteiger partial charge in [0.05, 0.1) is 12.6 Å². The van der Waals surface area contributed by atoms with Gasteiger partial charge in [0.1, 0.15) is 11.6 Å². The molecule has 128 valence electrons. The minimum Gasteiger partial charge on any atom is -0.497 e. The Morgan fingerprint density at radius 1 is 1.12 bits per heavy atom. The molecule has 0 amide bonds. The molecule has 0 spiro atoms. The lowest BCUT2D eigenvalue weighted by Crippen LogP contribution is -2.34. The Balaban J connectivity index is 1.66. The molecule has 0 radical (unpaired) electrons. The highest BCUT2D eigenvalue weighted by Crippen LogP contribution is 2.25. The Morgan fingerprint density at radius 2 is 1.88 bits per heavy atom. The van der Waals surface area contributed by atoms with Crippen LogP contribution >= 0.6 is 0 Å². The fourth-order valence-electron chi connectivity index (χ4n) is 2.87. The highest BCUT2D eigenvalue weighted by atomic mass is 16.5. The van der Waals surface area contributed by atoms with Crippen LogP contribution in [0.4, 0.5) is 0 Å². The van der Waals surface area contributed by atoms with Gasteiger partial charge in [-0.2, -0.15) is 5.10 Å². The van der Waals surface area contributed by atoms with Crippen LogP contribution in [0.5, 0.6) is 5.75 Å². The third kappa shape index (κ3) is 4.35. The van der Waals surface area contributed by atoms with E-state index in [1.807, 2.05) is 42.5 Å². The maximum Gasteiger partial charge on any atom is 0.149 e. The Hall–Kier alpha value is -2.88. The molecular formula is C21H23N3O. The lowest BCUT2D eigenvalue weighted by molar-refractivity contribution is 0.415. The predicted molar refractivity (Wildman–Crippen MR) is 104 cm³/mol. The number of hydrogen-bond acceptors (Lipinski definition) is 4. The number of nitrogens with zero attached hydrogens (tertiary/aromatic N) is 2. The Labute approximate surface area is 149 Å². The number of allylic oxidation sites excluding steroid dienone is 1. The number of benzene rings is 2. The summed E-state index contributed by atoms with van der Waals surface area (Å²) in [5, 5.41) is 4.29. The fraction of sp³-hybridized carbons (Fsp3) is 0.238. The van der Waals surface area contributed by atoms with E-state index in [1.54, 1.807) is 13.3 Å².